The Balaban J connectivity index is 2.39. The van der Waals surface area contributed by atoms with Gasteiger partial charge in [-0.1, -0.05) is 17.7 Å². The summed E-state index contributed by atoms with van der Waals surface area (Å²) in [7, 11) is -7.74. The molecular weight excluding hydrogens is 340 g/mol. The van der Waals surface area contributed by atoms with Gasteiger partial charge in [0.15, 0.2) is 15.6 Å². The molecule has 0 atom stereocenters. The Bertz CT molecular complexity index is 924. The monoisotopic (exact) mass is 354 g/mol. The maximum absolute atomic E-state index is 12.4. The predicted octanol–water partition coefficient (Wildman–Crippen LogP) is 1.69. The molecule has 23 heavy (non-hydrogen) atoms. The zero-order chi connectivity index (χ0) is 17.3. The average molecular weight is 354 g/mol. The van der Waals surface area contributed by atoms with Gasteiger partial charge in [0.25, 0.3) is 0 Å². The van der Waals surface area contributed by atoms with Gasteiger partial charge in [-0.15, -0.1) is 0 Å². The Hall–Kier alpha value is -2.19. The normalized spacial score (nSPS) is 12.0. The third-order valence-corrected chi connectivity index (χ3v) is 6.54. The van der Waals surface area contributed by atoms with Crippen LogP contribution in [0.15, 0.2) is 63.2 Å². The molecule has 2 rings (SSSR count). The molecule has 0 heterocycles. The summed E-state index contributed by atoms with van der Waals surface area (Å²) in [6.07, 6.45) is 0. The van der Waals surface area contributed by atoms with Crippen molar-refractivity contribution in [3.05, 3.63) is 54.1 Å². The SMILES string of the molecule is Cc1ccc(S(=O)(=O)c2ccc(S(=O)(=O)CC(=O)O)cc2)cc1. The first-order valence-electron chi connectivity index (χ1n) is 6.49. The molecule has 8 heteroatoms. The van der Waals surface area contributed by atoms with Crippen molar-refractivity contribution in [1.82, 2.24) is 0 Å². The first kappa shape index (κ1) is 17.2. The Labute approximate surface area is 134 Å². The Morgan fingerprint density at radius 2 is 1.22 bits per heavy atom. The molecular formula is C15H14O6S2. The summed E-state index contributed by atoms with van der Waals surface area (Å²) >= 11 is 0. The minimum atomic E-state index is -3.99. The number of rotatable bonds is 5. The largest absolute Gasteiger partial charge is 0.480 e. The zero-order valence-corrected chi connectivity index (χ0v) is 13.8. The molecule has 0 unspecified atom stereocenters. The van der Waals surface area contributed by atoms with Gasteiger partial charge in [-0.2, -0.15) is 0 Å². The molecule has 1 N–H and O–H groups in total. The van der Waals surface area contributed by atoms with Gasteiger partial charge in [0.2, 0.25) is 9.84 Å². The van der Waals surface area contributed by atoms with Crippen molar-refractivity contribution in [1.29, 1.82) is 0 Å². The van der Waals surface area contributed by atoms with Crippen LogP contribution >= 0.6 is 0 Å². The molecule has 0 radical (unpaired) electrons. The second-order valence-electron chi connectivity index (χ2n) is 4.94. The van der Waals surface area contributed by atoms with E-state index < -0.39 is 31.4 Å². The number of aryl methyl sites for hydroxylation is 1. The van der Waals surface area contributed by atoms with Crippen LogP contribution in [0, 0.1) is 6.92 Å². The van der Waals surface area contributed by atoms with Gasteiger partial charge in [0, 0.05) is 0 Å². The van der Waals surface area contributed by atoms with Crippen molar-refractivity contribution in [2.45, 2.75) is 21.6 Å². The van der Waals surface area contributed by atoms with Gasteiger partial charge in [-0.25, -0.2) is 16.8 Å². The lowest BCUT2D eigenvalue weighted by atomic mass is 10.2. The summed E-state index contributed by atoms with van der Waals surface area (Å²) < 4.78 is 48.4. The highest BCUT2D eigenvalue weighted by Gasteiger charge is 2.21. The lowest BCUT2D eigenvalue weighted by Gasteiger charge is -2.07. The number of benzene rings is 2. The molecule has 0 saturated carbocycles. The Morgan fingerprint density at radius 1 is 0.826 bits per heavy atom. The average Bonchev–Trinajstić information content (AvgIpc) is 2.46. The van der Waals surface area contributed by atoms with E-state index in [1.54, 1.807) is 12.1 Å². The van der Waals surface area contributed by atoms with Crippen molar-refractivity contribution < 1.29 is 26.7 Å². The molecule has 0 aliphatic heterocycles. The number of aliphatic carboxylic acids is 1. The van der Waals surface area contributed by atoms with Crippen LogP contribution in [0.25, 0.3) is 0 Å². The van der Waals surface area contributed by atoms with Gasteiger partial charge in [-0.3, -0.25) is 4.79 Å². The minimum absolute atomic E-state index is 0.0596. The van der Waals surface area contributed by atoms with E-state index in [1.165, 1.54) is 12.1 Å². The number of sulfone groups is 2. The lowest BCUT2D eigenvalue weighted by molar-refractivity contribution is -0.134. The molecule has 2 aromatic rings. The Kier molecular flexibility index (Phi) is 4.58. The van der Waals surface area contributed by atoms with Gasteiger partial charge in [-0.05, 0) is 43.3 Å². The van der Waals surface area contributed by atoms with Crippen LogP contribution in [0.5, 0.6) is 0 Å². The predicted molar refractivity (Wildman–Crippen MR) is 82.8 cm³/mol. The van der Waals surface area contributed by atoms with Crippen LogP contribution in [-0.2, 0) is 24.5 Å². The maximum atomic E-state index is 12.4. The quantitative estimate of drug-likeness (QED) is 0.876. The molecule has 0 aliphatic carbocycles. The zero-order valence-electron chi connectivity index (χ0n) is 12.1. The second kappa shape index (κ2) is 6.13. The van der Waals surface area contributed by atoms with Crippen molar-refractivity contribution in [3.63, 3.8) is 0 Å². The number of hydrogen-bond donors (Lipinski definition) is 1. The molecule has 0 fully saturated rings. The van der Waals surface area contributed by atoms with E-state index in [0.717, 1.165) is 29.8 Å². The number of carboxylic acids is 1. The first-order chi connectivity index (χ1) is 10.6. The van der Waals surface area contributed by atoms with Crippen molar-refractivity contribution in [2.75, 3.05) is 5.75 Å². The highest BCUT2D eigenvalue weighted by atomic mass is 32.2. The summed E-state index contributed by atoms with van der Waals surface area (Å²) in [6, 6.07) is 10.8. The fraction of sp³-hybridized carbons (Fsp3) is 0.133. The first-order valence-corrected chi connectivity index (χ1v) is 9.63. The third kappa shape index (κ3) is 3.77. The number of carboxylic acid groups (broad SMARTS) is 1. The third-order valence-electron chi connectivity index (χ3n) is 3.14. The second-order valence-corrected chi connectivity index (χ2v) is 8.88. The molecule has 122 valence electrons. The fourth-order valence-corrected chi connectivity index (χ4v) is 4.23. The smallest absolute Gasteiger partial charge is 0.319 e. The summed E-state index contributed by atoms with van der Waals surface area (Å²) in [6.45, 7) is 1.83. The highest BCUT2D eigenvalue weighted by Crippen LogP contribution is 2.23. The molecule has 0 bridgehead atoms. The van der Waals surface area contributed by atoms with Crippen LogP contribution in [0.2, 0.25) is 0 Å². The van der Waals surface area contributed by atoms with E-state index >= 15 is 0 Å². The van der Waals surface area contributed by atoms with E-state index in [1.807, 2.05) is 6.92 Å². The van der Waals surface area contributed by atoms with Crippen LogP contribution in [0.3, 0.4) is 0 Å². The standard InChI is InChI=1S/C15H14O6S2/c1-11-2-4-13(5-3-11)23(20,21)14-8-6-12(7-9-14)22(18,19)10-15(16)17/h2-9H,10H2,1H3,(H,16,17). The van der Waals surface area contributed by atoms with Crippen molar-refractivity contribution >= 4 is 25.6 Å². The maximum Gasteiger partial charge on any atom is 0.319 e. The fourth-order valence-electron chi connectivity index (χ4n) is 1.93. The van der Waals surface area contributed by atoms with Gasteiger partial charge in [0.05, 0.1) is 14.7 Å². The number of hydrogen-bond acceptors (Lipinski definition) is 5. The van der Waals surface area contributed by atoms with Gasteiger partial charge < -0.3 is 5.11 Å². The number of carbonyl (C=O) groups is 1. The van der Waals surface area contributed by atoms with Gasteiger partial charge >= 0.3 is 5.97 Å². The van der Waals surface area contributed by atoms with E-state index in [9.17, 15) is 21.6 Å². The van der Waals surface area contributed by atoms with Crippen LogP contribution in [0.1, 0.15) is 5.56 Å². The topological polar surface area (TPSA) is 106 Å². The molecule has 6 nitrogen and oxygen atoms in total. The summed E-state index contributed by atoms with van der Waals surface area (Å²) in [5.41, 5.74) is 0.916. The van der Waals surface area contributed by atoms with Crippen molar-refractivity contribution in [3.8, 4) is 0 Å². The van der Waals surface area contributed by atoms with Crippen molar-refractivity contribution in [2.24, 2.45) is 0 Å². The summed E-state index contributed by atoms with van der Waals surface area (Å²) in [4.78, 5) is 10.4. The van der Waals surface area contributed by atoms with E-state index in [0.29, 0.717) is 0 Å². The Morgan fingerprint density at radius 3 is 1.65 bits per heavy atom. The molecule has 0 aliphatic rings. The van der Waals surface area contributed by atoms with Gasteiger partial charge in [0.1, 0.15) is 0 Å². The van der Waals surface area contributed by atoms with E-state index in [4.69, 9.17) is 5.11 Å². The van der Waals surface area contributed by atoms with E-state index in [2.05, 4.69) is 0 Å². The van der Waals surface area contributed by atoms with Crippen LogP contribution in [0.4, 0.5) is 0 Å². The highest BCUT2D eigenvalue weighted by molar-refractivity contribution is 7.92. The summed E-state index contributed by atoms with van der Waals surface area (Å²) in [5.74, 6) is -2.52. The molecule has 0 aromatic heterocycles. The van der Waals surface area contributed by atoms with E-state index in [-0.39, 0.29) is 14.7 Å². The summed E-state index contributed by atoms with van der Waals surface area (Å²) in [5, 5.41) is 8.59. The van der Waals surface area contributed by atoms with Crippen LogP contribution in [-0.4, -0.2) is 33.7 Å². The molecule has 0 spiro atoms. The molecule has 0 amide bonds. The molecule has 2 aromatic carbocycles. The molecule has 0 saturated heterocycles. The van der Waals surface area contributed by atoms with Crippen LogP contribution < -0.4 is 0 Å². The minimum Gasteiger partial charge on any atom is -0.480 e. The lowest BCUT2D eigenvalue weighted by Crippen LogP contribution is -2.15.